The Balaban J connectivity index is 1.82. The van der Waals surface area contributed by atoms with E-state index in [9.17, 15) is 9.59 Å². The summed E-state index contributed by atoms with van der Waals surface area (Å²) in [6.07, 6.45) is 2.46. The molecule has 0 bridgehead atoms. The van der Waals surface area contributed by atoms with Crippen LogP contribution in [0, 0.1) is 6.92 Å². The largest absolute Gasteiger partial charge is 0.344 e. The summed E-state index contributed by atoms with van der Waals surface area (Å²) in [5.41, 5.74) is 2.84. The van der Waals surface area contributed by atoms with E-state index in [0.29, 0.717) is 5.56 Å². The minimum absolute atomic E-state index is 0.133. The molecule has 0 unspecified atom stereocenters. The Kier molecular flexibility index (Phi) is 6.98. The molecule has 4 nitrogen and oxygen atoms in total. The highest BCUT2D eigenvalue weighted by molar-refractivity contribution is 7.10. The molecule has 2 aromatic carbocycles. The van der Waals surface area contributed by atoms with Crippen LogP contribution in [-0.2, 0) is 4.79 Å². The van der Waals surface area contributed by atoms with E-state index >= 15 is 0 Å². The Morgan fingerprint density at radius 2 is 1.72 bits per heavy atom. The summed E-state index contributed by atoms with van der Waals surface area (Å²) in [5.74, 6) is -0.620. The number of thiophene rings is 1. The maximum Gasteiger partial charge on any atom is 0.268 e. The second kappa shape index (κ2) is 9.85. The lowest BCUT2D eigenvalue weighted by Crippen LogP contribution is -2.36. The molecule has 148 valence electrons. The van der Waals surface area contributed by atoms with Crippen LogP contribution < -0.4 is 10.6 Å². The molecule has 0 saturated carbocycles. The summed E-state index contributed by atoms with van der Waals surface area (Å²) in [4.78, 5) is 26.6. The van der Waals surface area contributed by atoms with E-state index in [4.69, 9.17) is 0 Å². The van der Waals surface area contributed by atoms with E-state index in [2.05, 4.69) is 10.6 Å². The monoisotopic (exact) mass is 404 g/mol. The minimum atomic E-state index is -0.311. The Bertz CT molecular complexity index is 977. The minimum Gasteiger partial charge on any atom is -0.344 e. The van der Waals surface area contributed by atoms with Crippen LogP contribution in [0.4, 0.5) is 0 Å². The molecule has 0 aliphatic heterocycles. The van der Waals surface area contributed by atoms with Gasteiger partial charge in [-0.2, -0.15) is 0 Å². The van der Waals surface area contributed by atoms with E-state index < -0.39 is 0 Å². The average molecular weight is 405 g/mol. The Hall–Kier alpha value is -3.18. The van der Waals surface area contributed by atoms with Gasteiger partial charge in [0.15, 0.2) is 0 Å². The fourth-order valence-corrected chi connectivity index (χ4v) is 3.57. The lowest BCUT2D eigenvalue weighted by molar-refractivity contribution is -0.118. The van der Waals surface area contributed by atoms with Gasteiger partial charge >= 0.3 is 0 Å². The molecule has 1 heterocycles. The Morgan fingerprint density at radius 1 is 1.00 bits per heavy atom. The zero-order chi connectivity index (χ0) is 20.6. The van der Waals surface area contributed by atoms with Gasteiger partial charge < -0.3 is 10.6 Å². The summed E-state index contributed by atoms with van der Waals surface area (Å²) in [5, 5.41) is 7.77. The highest BCUT2D eigenvalue weighted by Crippen LogP contribution is 2.18. The van der Waals surface area contributed by atoms with Gasteiger partial charge in [-0.05, 0) is 48.6 Å². The number of rotatable bonds is 7. The van der Waals surface area contributed by atoms with Gasteiger partial charge in [-0.15, -0.1) is 11.3 Å². The highest BCUT2D eigenvalue weighted by atomic mass is 32.1. The van der Waals surface area contributed by atoms with Gasteiger partial charge in [0.25, 0.3) is 11.8 Å². The SMILES string of the molecule is CC[C@@H](NC(=O)/C(=C/c1cccs1)NC(=O)c1ccc(C)cc1)c1ccccc1. The predicted octanol–water partition coefficient (Wildman–Crippen LogP) is 5.09. The highest BCUT2D eigenvalue weighted by Gasteiger charge is 2.19. The number of benzene rings is 2. The van der Waals surface area contributed by atoms with Crippen LogP contribution in [0.3, 0.4) is 0 Å². The molecule has 29 heavy (non-hydrogen) atoms. The number of carbonyl (C=O) groups is 2. The van der Waals surface area contributed by atoms with E-state index in [1.165, 1.54) is 11.3 Å². The summed E-state index contributed by atoms with van der Waals surface area (Å²) in [6.45, 7) is 3.98. The summed E-state index contributed by atoms with van der Waals surface area (Å²) in [6, 6.07) is 20.8. The van der Waals surface area contributed by atoms with Crippen molar-refractivity contribution in [1.82, 2.24) is 10.6 Å². The van der Waals surface area contributed by atoms with Gasteiger partial charge in [0.2, 0.25) is 0 Å². The zero-order valence-corrected chi connectivity index (χ0v) is 17.3. The zero-order valence-electron chi connectivity index (χ0n) is 16.5. The molecule has 5 heteroatoms. The molecule has 0 spiro atoms. The first-order valence-electron chi connectivity index (χ1n) is 9.56. The van der Waals surface area contributed by atoms with Gasteiger partial charge in [-0.25, -0.2) is 0 Å². The number of aryl methyl sites for hydroxylation is 1. The molecule has 0 aliphatic carbocycles. The number of amides is 2. The summed E-state index contributed by atoms with van der Waals surface area (Å²) in [7, 11) is 0. The smallest absolute Gasteiger partial charge is 0.268 e. The lowest BCUT2D eigenvalue weighted by Gasteiger charge is -2.19. The van der Waals surface area contributed by atoms with Crippen molar-refractivity contribution < 1.29 is 9.59 Å². The van der Waals surface area contributed by atoms with Gasteiger partial charge in [0, 0.05) is 10.4 Å². The Labute approximate surface area is 175 Å². The first-order chi connectivity index (χ1) is 14.1. The van der Waals surface area contributed by atoms with Gasteiger partial charge in [0.05, 0.1) is 6.04 Å². The van der Waals surface area contributed by atoms with Crippen LogP contribution in [0.2, 0.25) is 0 Å². The molecule has 0 radical (unpaired) electrons. The first-order valence-corrected chi connectivity index (χ1v) is 10.4. The molecule has 0 fully saturated rings. The van der Waals surface area contributed by atoms with E-state index in [-0.39, 0.29) is 23.6 Å². The van der Waals surface area contributed by atoms with Crippen molar-refractivity contribution in [2.75, 3.05) is 0 Å². The second-order valence-electron chi connectivity index (χ2n) is 6.74. The number of nitrogens with one attached hydrogen (secondary N) is 2. The van der Waals surface area contributed by atoms with Gasteiger partial charge in [-0.3, -0.25) is 9.59 Å². The number of carbonyl (C=O) groups excluding carboxylic acids is 2. The van der Waals surface area contributed by atoms with Gasteiger partial charge in [-0.1, -0.05) is 61.0 Å². The molecular weight excluding hydrogens is 380 g/mol. The van der Waals surface area contributed by atoms with Crippen molar-refractivity contribution >= 4 is 29.2 Å². The third kappa shape index (κ3) is 5.65. The normalized spacial score (nSPS) is 12.3. The van der Waals surface area contributed by atoms with Crippen LogP contribution in [0.1, 0.15) is 45.7 Å². The number of hydrogen-bond acceptors (Lipinski definition) is 3. The van der Waals surface area contributed by atoms with Crippen LogP contribution in [-0.4, -0.2) is 11.8 Å². The maximum atomic E-state index is 13.0. The topological polar surface area (TPSA) is 58.2 Å². The average Bonchev–Trinajstić information content (AvgIpc) is 3.25. The summed E-state index contributed by atoms with van der Waals surface area (Å²) >= 11 is 1.51. The maximum absolute atomic E-state index is 13.0. The second-order valence-corrected chi connectivity index (χ2v) is 7.72. The summed E-state index contributed by atoms with van der Waals surface area (Å²) < 4.78 is 0. The van der Waals surface area contributed by atoms with E-state index in [1.807, 2.05) is 73.8 Å². The standard InChI is InChI=1S/C24H24N2O2S/c1-3-21(18-8-5-4-6-9-18)25-24(28)22(16-20-10-7-15-29-20)26-23(27)19-13-11-17(2)12-14-19/h4-16,21H,3H2,1-2H3,(H,25,28)(H,26,27)/b22-16-/t21-/m1/s1. The quantitative estimate of drug-likeness (QED) is 0.539. The van der Waals surface area contributed by atoms with E-state index in [0.717, 1.165) is 22.4 Å². The third-order valence-corrected chi connectivity index (χ3v) is 5.37. The van der Waals surface area contributed by atoms with E-state index in [1.54, 1.807) is 18.2 Å². The third-order valence-electron chi connectivity index (χ3n) is 4.55. The lowest BCUT2D eigenvalue weighted by atomic mass is 10.0. The molecular formula is C24H24N2O2S. The number of hydrogen-bond donors (Lipinski definition) is 2. The molecule has 2 N–H and O–H groups in total. The van der Waals surface area contributed by atoms with Crippen molar-refractivity contribution in [1.29, 1.82) is 0 Å². The van der Waals surface area contributed by atoms with Gasteiger partial charge in [0.1, 0.15) is 5.70 Å². The fourth-order valence-electron chi connectivity index (χ4n) is 2.92. The van der Waals surface area contributed by atoms with Crippen LogP contribution in [0.5, 0.6) is 0 Å². The van der Waals surface area contributed by atoms with Crippen molar-refractivity contribution in [2.24, 2.45) is 0 Å². The fraction of sp³-hybridized carbons (Fsp3) is 0.167. The van der Waals surface area contributed by atoms with Crippen molar-refractivity contribution in [3.63, 3.8) is 0 Å². The Morgan fingerprint density at radius 3 is 2.34 bits per heavy atom. The van der Waals surface area contributed by atoms with Crippen molar-refractivity contribution in [3.05, 3.63) is 99.4 Å². The van der Waals surface area contributed by atoms with Crippen LogP contribution >= 0.6 is 11.3 Å². The molecule has 3 aromatic rings. The molecule has 1 aromatic heterocycles. The first kappa shape index (κ1) is 20.6. The molecule has 2 amide bonds. The van der Waals surface area contributed by atoms with Crippen molar-refractivity contribution in [2.45, 2.75) is 26.3 Å². The molecule has 0 saturated heterocycles. The van der Waals surface area contributed by atoms with Crippen molar-refractivity contribution in [3.8, 4) is 0 Å². The molecule has 3 rings (SSSR count). The van der Waals surface area contributed by atoms with Crippen LogP contribution in [0.15, 0.2) is 77.8 Å². The molecule has 1 atom stereocenters. The molecule has 0 aliphatic rings. The van der Waals surface area contributed by atoms with Crippen LogP contribution in [0.25, 0.3) is 6.08 Å². The predicted molar refractivity (Wildman–Crippen MR) is 119 cm³/mol.